The summed E-state index contributed by atoms with van der Waals surface area (Å²) in [6.45, 7) is 6.92. The minimum atomic E-state index is -0.822. The van der Waals surface area contributed by atoms with Crippen LogP contribution in [0.15, 0.2) is 12.1 Å². The second-order valence-corrected chi connectivity index (χ2v) is 5.28. The van der Waals surface area contributed by atoms with Gasteiger partial charge >= 0.3 is 0 Å². The molecule has 0 saturated carbocycles. The molecule has 1 aromatic rings. The van der Waals surface area contributed by atoms with Crippen molar-refractivity contribution in [3.63, 3.8) is 0 Å². The molecule has 1 fully saturated rings. The predicted molar refractivity (Wildman–Crippen MR) is 84.6 cm³/mol. The predicted octanol–water partition coefficient (Wildman–Crippen LogP) is 1.72. The van der Waals surface area contributed by atoms with Gasteiger partial charge in [0.1, 0.15) is 11.6 Å². The number of nitrogens with one attached hydrogen (secondary N) is 2. The molecule has 1 saturated heterocycles. The van der Waals surface area contributed by atoms with Crippen LogP contribution >= 0.6 is 12.4 Å². The molecule has 1 heterocycles. The summed E-state index contributed by atoms with van der Waals surface area (Å²) in [5, 5.41) is 5.96. The molecule has 4 nitrogen and oxygen atoms in total. The Morgan fingerprint density at radius 1 is 1.27 bits per heavy atom. The zero-order valence-electron chi connectivity index (χ0n) is 12.6. The van der Waals surface area contributed by atoms with E-state index in [1.54, 1.807) is 0 Å². The van der Waals surface area contributed by atoms with Gasteiger partial charge in [0.15, 0.2) is 0 Å². The van der Waals surface area contributed by atoms with E-state index in [0.29, 0.717) is 6.54 Å². The highest BCUT2D eigenvalue weighted by Crippen LogP contribution is 2.14. The highest BCUT2D eigenvalue weighted by molar-refractivity contribution is 5.94. The molecule has 2 rings (SSSR count). The normalized spacial score (nSPS) is 15.2. The summed E-state index contributed by atoms with van der Waals surface area (Å²) in [5.74, 6) is -1.95. The second-order valence-electron chi connectivity index (χ2n) is 5.28. The van der Waals surface area contributed by atoms with Crippen LogP contribution in [-0.2, 0) is 0 Å². The minimum absolute atomic E-state index is 0. The minimum Gasteiger partial charge on any atom is -0.352 e. The molecule has 1 amide bonds. The Balaban J connectivity index is 0.00000242. The highest BCUT2D eigenvalue weighted by atomic mass is 35.5. The zero-order chi connectivity index (χ0) is 15.2. The third kappa shape index (κ3) is 5.19. The third-order valence-corrected chi connectivity index (χ3v) is 3.64. The maximum atomic E-state index is 13.6. The molecular weight excluding hydrogens is 312 g/mol. The van der Waals surface area contributed by atoms with E-state index in [2.05, 4.69) is 15.5 Å². The van der Waals surface area contributed by atoms with Crippen molar-refractivity contribution in [1.29, 1.82) is 0 Å². The average Bonchev–Trinajstić information content (AvgIpc) is 2.48. The summed E-state index contributed by atoms with van der Waals surface area (Å²) in [5.41, 5.74) is 0.165. The Hall–Kier alpha value is -1.24. The number of nitrogens with zero attached hydrogens (tertiary/aromatic N) is 1. The van der Waals surface area contributed by atoms with E-state index in [1.807, 2.05) is 0 Å². The van der Waals surface area contributed by atoms with Crippen molar-refractivity contribution in [3.05, 3.63) is 34.9 Å². The van der Waals surface area contributed by atoms with Gasteiger partial charge in [0.05, 0.1) is 5.56 Å². The lowest BCUT2D eigenvalue weighted by Crippen LogP contribution is -2.44. The van der Waals surface area contributed by atoms with E-state index in [-0.39, 0.29) is 23.5 Å². The van der Waals surface area contributed by atoms with E-state index in [0.717, 1.165) is 45.2 Å². The Morgan fingerprint density at radius 3 is 2.64 bits per heavy atom. The standard InChI is InChI=1S/C15H21F2N3O.ClH/c1-11-9-12(14(17)10-13(11)16)15(21)19-3-2-6-20-7-4-18-5-8-20;/h9-10,18H,2-8H2,1H3,(H,19,21);1H. The fourth-order valence-electron chi connectivity index (χ4n) is 2.37. The molecule has 0 atom stereocenters. The van der Waals surface area contributed by atoms with Gasteiger partial charge in [-0.25, -0.2) is 8.78 Å². The number of benzene rings is 1. The van der Waals surface area contributed by atoms with E-state index in [9.17, 15) is 13.6 Å². The molecule has 0 bridgehead atoms. The Labute approximate surface area is 135 Å². The molecule has 22 heavy (non-hydrogen) atoms. The van der Waals surface area contributed by atoms with Crippen molar-refractivity contribution >= 4 is 18.3 Å². The smallest absolute Gasteiger partial charge is 0.254 e. The number of amides is 1. The van der Waals surface area contributed by atoms with Crippen molar-refractivity contribution in [2.24, 2.45) is 0 Å². The van der Waals surface area contributed by atoms with Crippen LogP contribution in [0.1, 0.15) is 22.3 Å². The quantitative estimate of drug-likeness (QED) is 0.807. The number of piperazine rings is 1. The molecule has 1 aliphatic heterocycles. The monoisotopic (exact) mass is 333 g/mol. The molecule has 0 radical (unpaired) electrons. The number of aryl methyl sites for hydroxylation is 1. The summed E-state index contributed by atoms with van der Waals surface area (Å²) >= 11 is 0. The largest absolute Gasteiger partial charge is 0.352 e. The molecule has 7 heteroatoms. The van der Waals surface area contributed by atoms with Crippen molar-refractivity contribution in [3.8, 4) is 0 Å². The summed E-state index contributed by atoms with van der Waals surface area (Å²) < 4.78 is 26.7. The fourth-order valence-corrected chi connectivity index (χ4v) is 2.37. The lowest BCUT2D eigenvalue weighted by atomic mass is 10.1. The number of halogens is 3. The first-order chi connectivity index (χ1) is 10.1. The summed E-state index contributed by atoms with van der Waals surface area (Å²) in [7, 11) is 0. The van der Waals surface area contributed by atoms with E-state index in [1.165, 1.54) is 13.0 Å². The lowest BCUT2D eigenvalue weighted by molar-refractivity contribution is 0.0947. The Kier molecular flexibility index (Phi) is 7.72. The van der Waals surface area contributed by atoms with Crippen molar-refractivity contribution in [1.82, 2.24) is 15.5 Å². The van der Waals surface area contributed by atoms with Crippen LogP contribution < -0.4 is 10.6 Å². The van der Waals surface area contributed by atoms with Crippen LogP contribution in [0, 0.1) is 18.6 Å². The van der Waals surface area contributed by atoms with Crippen LogP contribution in [-0.4, -0.2) is 50.1 Å². The summed E-state index contributed by atoms with van der Waals surface area (Å²) in [4.78, 5) is 14.2. The van der Waals surface area contributed by atoms with Gasteiger partial charge in [-0.05, 0) is 31.5 Å². The molecule has 0 aromatic heterocycles. The van der Waals surface area contributed by atoms with Gasteiger partial charge in [-0.2, -0.15) is 0 Å². The van der Waals surface area contributed by atoms with Gasteiger partial charge in [0, 0.05) is 38.8 Å². The van der Waals surface area contributed by atoms with Gasteiger partial charge in [-0.15, -0.1) is 12.4 Å². The average molecular weight is 334 g/mol. The summed E-state index contributed by atoms with van der Waals surface area (Å²) in [6, 6.07) is 2.00. The van der Waals surface area contributed by atoms with Crippen LogP contribution in [0.5, 0.6) is 0 Å². The highest BCUT2D eigenvalue weighted by Gasteiger charge is 2.14. The molecular formula is C15H22ClF2N3O. The molecule has 2 N–H and O–H groups in total. The number of hydrogen-bond acceptors (Lipinski definition) is 3. The van der Waals surface area contributed by atoms with Gasteiger partial charge in [-0.3, -0.25) is 4.79 Å². The van der Waals surface area contributed by atoms with Gasteiger partial charge in [0.2, 0.25) is 0 Å². The molecule has 1 aromatic carbocycles. The number of carbonyl (C=O) groups excluding carboxylic acids is 1. The molecule has 0 spiro atoms. The van der Waals surface area contributed by atoms with Gasteiger partial charge < -0.3 is 15.5 Å². The summed E-state index contributed by atoms with van der Waals surface area (Å²) in [6.07, 6.45) is 0.813. The van der Waals surface area contributed by atoms with Crippen LogP contribution in [0.4, 0.5) is 8.78 Å². The topological polar surface area (TPSA) is 44.4 Å². The third-order valence-electron chi connectivity index (χ3n) is 3.64. The molecule has 124 valence electrons. The van der Waals surface area contributed by atoms with Crippen molar-refractivity contribution in [2.75, 3.05) is 39.3 Å². The van der Waals surface area contributed by atoms with Gasteiger partial charge in [-0.1, -0.05) is 0 Å². The van der Waals surface area contributed by atoms with Crippen molar-refractivity contribution in [2.45, 2.75) is 13.3 Å². The first kappa shape index (κ1) is 18.8. The van der Waals surface area contributed by atoms with Crippen LogP contribution in [0.25, 0.3) is 0 Å². The zero-order valence-corrected chi connectivity index (χ0v) is 13.4. The fraction of sp³-hybridized carbons (Fsp3) is 0.533. The Bertz CT molecular complexity index is 508. The van der Waals surface area contributed by atoms with E-state index < -0.39 is 17.5 Å². The second kappa shape index (κ2) is 9.02. The molecule has 1 aliphatic rings. The maximum Gasteiger partial charge on any atom is 0.254 e. The van der Waals surface area contributed by atoms with E-state index in [4.69, 9.17) is 0 Å². The van der Waals surface area contributed by atoms with Crippen molar-refractivity contribution < 1.29 is 13.6 Å². The van der Waals surface area contributed by atoms with E-state index >= 15 is 0 Å². The van der Waals surface area contributed by atoms with Crippen LogP contribution in [0.2, 0.25) is 0 Å². The number of hydrogen-bond donors (Lipinski definition) is 2. The lowest BCUT2D eigenvalue weighted by Gasteiger charge is -2.27. The first-order valence-corrected chi connectivity index (χ1v) is 7.25. The molecule has 0 aliphatic carbocycles. The number of carbonyl (C=O) groups is 1. The number of rotatable bonds is 5. The first-order valence-electron chi connectivity index (χ1n) is 7.25. The molecule has 0 unspecified atom stereocenters. The Morgan fingerprint density at radius 2 is 1.95 bits per heavy atom. The SMILES string of the molecule is Cc1cc(C(=O)NCCCN2CCNCC2)c(F)cc1F.Cl. The van der Waals surface area contributed by atoms with Crippen LogP contribution in [0.3, 0.4) is 0 Å². The maximum absolute atomic E-state index is 13.6. The van der Waals surface area contributed by atoms with Gasteiger partial charge in [0.25, 0.3) is 5.91 Å².